The minimum atomic E-state index is -0.404. The highest BCUT2D eigenvalue weighted by Crippen LogP contribution is 2.39. The second kappa shape index (κ2) is 10.1. The van der Waals surface area contributed by atoms with E-state index in [0.29, 0.717) is 44.6 Å². The van der Waals surface area contributed by atoms with Crippen molar-refractivity contribution < 1.29 is 19.1 Å². The van der Waals surface area contributed by atoms with Crippen molar-refractivity contribution in [1.29, 1.82) is 0 Å². The molecule has 9 nitrogen and oxygen atoms in total. The summed E-state index contributed by atoms with van der Waals surface area (Å²) in [5, 5.41) is 3.53. The Kier molecular flexibility index (Phi) is 6.95. The number of hydrogen-bond acceptors (Lipinski definition) is 6. The summed E-state index contributed by atoms with van der Waals surface area (Å²) in [4.78, 5) is 31.3. The minimum absolute atomic E-state index is 0.0607. The molecule has 3 amide bonds. The molecule has 4 rings (SSSR count). The number of hydrogen-bond donors (Lipinski definition) is 1. The summed E-state index contributed by atoms with van der Waals surface area (Å²) >= 11 is 0. The van der Waals surface area contributed by atoms with Crippen LogP contribution in [0, 0.1) is 0 Å². The Hall–Kier alpha value is -4.01. The lowest BCUT2D eigenvalue weighted by Crippen LogP contribution is -2.55. The van der Waals surface area contributed by atoms with Gasteiger partial charge >= 0.3 is 12.1 Å². The molecule has 0 aromatic heterocycles. The van der Waals surface area contributed by atoms with Crippen molar-refractivity contribution in [3.05, 3.63) is 66.2 Å². The molecule has 2 aromatic carbocycles. The lowest BCUT2D eigenvalue weighted by atomic mass is 9.86. The van der Waals surface area contributed by atoms with E-state index in [1.54, 1.807) is 12.0 Å². The lowest BCUT2D eigenvalue weighted by molar-refractivity contribution is 0.0615. The van der Waals surface area contributed by atoms with Crippen molar-refractivity contribution in [2.75, 3.05) is 38.8 Å². The van der Waals surface area contributed by atoms with Gasteiger partial charge in [0.1, 0.15) is 5.75 Å². The number of allylic oxidation sites excluding steroid dienone is 1. The number of nitrogens with zero attached hydrogens (tertiary/aromatic N) is 4. The first-order valence-corrected chi connectivity index (χ1v) is 11.5. The van der Waals surface area contributed by atoms with E-state index in [1.165, 1.54) is 13.3 Å². The number of benzene rings is 2. The predicted octanol–water partition coefficient (Wildman–Crippen LogP) is 3.70. The largest absolute Gasteiger partial charge is 0.497 e. The topological polar surface area (TPSA) is 101 Å². The lowest BCUT2D eigenvalue weighted by Gasteiger charge is -2.43. The van der Waals surface area contributed by atoms with E-state index < -0.39 is 5.54 Å². The van der Waals surface area contributed by atoms with Gasteiger partial charge in [-0.2, -0.15) is 5.10 Å². The molecule has 9 heteroatoms. The molecule has 184 valence electrons. The third kappa shape index (κ3) is 4.80. The van der Waals surface area contributed by atoms with Gasteiger partial charge in [0.25, 0.3) is 0 Å². The summed E-state index contributed by atoms with van der Waals surface area (Å²) < 4.78 is 10.3. The van der Waals surface area contributed by atoms with E-state index in [0.717, 1.165) is 22.6 Å². The van der Waals surface area contributed by atoms with Gasteiger partial charge in [-0.15, -0.1) is 0 Å². The van der Waals surface area contributed by atoms with Crippen molar-refractivity contribution in [3.63, 3.8) is 0 Å². The Morgan fingerprint density at radius 1 is 1.17 bits per heavy atom. The maximum absolute atomic E-state index is 13.8. The van der Waals surface area contributed by atoms with Crippen LogP contribution in [0.15, 0.2) is 60.2 Å². The quantitative estimate of drug-likeness (QED) is 0.388. The van der Waals surface area contributed by atoms with Crippen LogP contribution in [0.2, 0.25) is 0 Å². The number of ether oxygens (including phenoxy) is 2. The number of urea groups is 1. The molecular weight excluding hydrogens is 446 g/mol. The maximum atomic E-state index is 13.8. The third-order valence-electron chi connectivity index (χ3n) is 6.87. The number of methoxy groups -OCH3 is 2. The fraction of sp³-hybridized carbons (Fsp3) is 0.346. The Balaban J connectivity index is 1.62. The van der Waals surface area contributed by atoms with E-state index in [4.69, 9.17) is 15.3 Å². The molecule has 2 aromatic rings. The van der Waals surface area contributed by atoms with Crippen LogP contribution in [0.3, 0.4) is 0 Å². The van der Waals surface area contributed by atoms with Crippen LogP contribution in [0.5, 0.6) is 5.75 Å². The molecule has 0 unspecified atom stereocenters. The van der Waals surface area contributed by atoms with Crippen molar-refractivity contribution in [2.24, 2.45) is 10.9 Å². The number of carbonyl (C=O) groups excluding carboxylic acids is 2. The number of nitrogens with two attached hydrogens (primary N) is 1. The van der Waals surface area contributed by atoms with Gasteiger partial charge in [0.2, 0.25) is 0 Å². The fourth-order valence-electron chi connectivity index (χ4n) is 4.87. The highest BCUT2D eigenvalue weighted by Gasteiger charge is 2.51. The highest BCUT2D eigenvalue weighted by atomic mass is 16.5. The number of anilines is 1. The number of rotatable bonds is 6. The van der Waals surface area contributed by atoms with Gasteiger partial charge < -0.3 is 25.1 Å². The zero-order valence-electron chi connectivity index (χ0n) is 20.1. The maximum Gasteiger partial charge on any atom is 0.409 e. The van der Waals surface area contributed by atoms with E-state index in [1.807, 2.05) is 58.3 Å². The molecule has 2 fully saturated rings. The smallest absolute Gasteiger partial charge is 0.409 e. The van der Waals surface area contributed by atoms with Gasteiger partial charge in [-0.05, 0) is 53.8 Å². The van der Waals surface area contributed by atoms with E-state index in [-0.39, 0.29) is 12.1 Å². The number of piperidine rings is 1. The number of likely N-dealkylation sites (tertiary alicyclic amines) is 1. The Morgan fingerprint density at radius 2 is 1.89 bits per heavy atom. The van der Waals surface area contributed by atoms with Gasteiger partial charge in [-0.1, -0.05) is 30.8 Å². The van der Waals surface area contributed by atoms with E-state index in [9.17, 15) is 9.59 Å². The molecule has 1 spiro atoms. The molecule has 0 radical (unpaired) electrons. The molecular formula is C26H31N5O4. The van der Waals surface area contributed by atoms with Crippen molar-refractivity contribution in [2.45, 2.75) is 24.9 Å². The number of hydrazone groups is 1. The van der Waals surface area contributed by atoms with Gasteiger partial charge in [-0.3, -0.25) is 4.90 Å². The molecule has 2 N–H and O–H groups in total. The number of amides is 3. The van der Waals surface area contributed by atoms with Gasteiger partial charge in [0, 0.05) is 25.3 Å². The van der Waals surface area contributed by atoms with Gasteiger partial charge in [0.05, 0.1) is 32.5 Å². The molecule has 35 heavy (non-hydrogen) atoms. The monoisotopic (exact) mass is 477 g/mol. The first kappa shape index (κ1) is 24.1. The van der Waals surface area contributed by atoms with Gasteiger partial charge in [-0.25, -0.2) is 9.59 Å². The third-order valence-corrected chi connectivity index (χ3v) is 6.87. The predicted molar refractivity (Wildman–Crippen MR) is 135 cm³/mol. The average Bonchev–Trinajstić information content (AvgIpc) is 3.15. The van der Waals surface area contributed by atoms with Crippen LogP contribution >= 0.6 is 0 Å². The van der Waals surface area contributed by atoms with Crippen LogP contribution in [0.4, 0.5) is 15.3 Å². The molecule has 2 heterocycles. The molecule has 2 aliphatic rings. The fourth-order valence-corrected chi connectivity index (χ4v) is 4.87. The first-order chi connectivity index (χ1) is 16.9. The summed E-state index contributed by atoms with van der Waals surface area (Å²) in [6.45, 7) is 6.00. The van der Waals surface area contributed by atoms with Crippen molar-refractivity contribution in [3.8, 4) is 5.75 Å². The average molecular weight is 478 g/mol. The van der Waals surface area contributed by atoms with Gasteiger partial charge in [0.15, 0.2) is 0 Å². The molecule has 0 atom stereocenters. The van der Waals surface area contributed by atoms with Crippen LogP contribution in [-0.4, -0.2) is 67.5 Å². The molecule has 2 aliphatic heterocycles. The van der Waals surface area contributed by atoms with Crippen LogP contribution in [0.25, 0.3) is 5.57 Å². The first-order valence-electron chi connectivity index (χ1n) is 11.5. The molecule has 2 saturated heterocycles. The van der Waals surface area contributed by atoms with Crippen LogP contribution < -0.4 is 15.5 Å². The summed E-state index contributed by atoms with van der Waals surface area (Å²) in [7, 11) is 3.02. The Bertz CT molecular complexity index is 1120. The Labute approximate surface area is 205 Å². The van der Waals surface area contributed by atoms with Crippen molar-refractivity contribution in [1.82, 2.24) is 9.80 Å². The summed E-state index contributed by atoms with van der Waals surface area (Å²) in [5.41, 5.74) is 2.96. The van der Waals surface area contributed by atoms with Crippen molar-refractivity contribution >= 4 is 29.6 Å². The van der Waals surface area contributed by atoms with E-state index in [2.05, 4.69) is 11.7 Å². The summed E-state index contributed by atoms with van der Waals surface area (Å²) in [6.07, 6.45) is 2.49. The second-order valence-corrected chi connectivity index (χ2v) is 8.84. The zero-order valence-corrected chi connectivity index (χ0v) is 20.1. The second-order valence-electron chi connectivity index (χ2n) is 8.84. The summed E-state index contributed by atoms with van der Waals surface area (Å²) in [5.74, 6) is 5.99. The molecule has 0 bridgehead atoms. The number of carbonyl (C=O) groups is 2. The van der Waals surface area contributed by atoms with Crippen LogP contribution in [0.1, 0.15) is 24.0 Å². The molecule has 0 aliphatic carbocycles. The van der Waals surface area contributed by atoms with E-state index >= 15 is 0 Å². The molecule has 0 saturated carbocycles. The van der Waals surface area contributed by atoms with Crippen LogP contribution in [-0.2, 0) is 11.3 Å². The minimum Gasteiger partial charge on any atom is -0.497 e. The normalized spacial score (nSPS) is 17.3. The highest BCUT2D eigenvalue weighted by molar-refractivity contribution is 6.08. The zero-order chi connectivity index (χ0) is 25.0. The summed E-state index contributed by atoms with van der Waals surface area (Å²) in [6, 6.07) is 15.3. The SMILES string of the molecule is C=C(/C=N\N)c1ccc(N2CC3(CCN(C(=O)OC)CC3)N(Cc3cccc(OC)c3)C2=O)cc1. The Morgan fingerprint density at radius 3 is 2.51 bits per heavy atom. The standard InChI is InChI=1S/C26H31N5O4/c1-19(16-28-27)21-7-9-22(10-8-21)30-18-26(11-13-29(14-12-26)25(33)35-3)31(24(30)32)17-20-5-4-6-23(15-20)34-2/h4-10,15-16H,1,11-14,17-18,27H2,2-3H3/b28-16-.